The molecule has 1 aromatic rings. The predicted octanol–water partition coefficient (Wildman–Crippen LogP) is 3.32. The van der Waals surface area contributed by atoms with Crippen LogP contribution in [0.25, 0.3) is 0 Å². The van der Waals surface area contributed by atoms with Crippen molar-refractivity contribution in [1.29, 1.82) is 0 Å². The van der Waals surface area contributed by atoms with Crippen molar-refractivity contribution in [3.05, 3.63) is 35.9 Å². The predicted molar refractivity (Wildman–Crippen MR) is 75.4 cm³/mol. The van der Waals surface area contributed by atoms with Crippen LogP contribution in [0.1, 0.15) is 32.4 Å². The first kappa shape index (κ1) is 14.6. The molecule has 0 fully saturated rings. The van der Waals surface area contributed by atoms with Crippen LogP contribution in [0.4, 0.5) is 0 Å². The number of benzene rings is 1. The van der Waals surface area contributed by atoms with Crippen LogP contribution in [-0.2, 0) is 0 Å². The summed E-state index contributed by atoms with van der Waals surface area (Å²) < 4.78 is 11.0. The number of methoxy groups -OCH3 is 1. The molecule has 0 amide bonds. The van der Waals surface area contributed by atoms with Gasteiger partial charge in [0.15, 0.2) is 11.5 Å². The van der Waals surface area contributed by atoms with E-state index in [0.717, 1.165) is 18.0 Å². The zero-order valence-corrected chi connectivity index (χ0v) is 11.7. The Labute approximate surface area is 110 Å². The van der Waals surface area contributed by atoms with E-state index in [4.69, 9.17) is 9.47 Å². The highest BCUT2D eigenvalue weighted by molar-refractivity contribution is 5.43. The average Bonchev–Trinajstić information content (AvgIpc) is 2.39. The Kier molecular flexibility index (Phi) is 6.29. The molecule has 1 atom stereocenters. The highest BCUT2D eigenvalue weighted by Crippen LogP contribution is 2.30. The molecule has 100 valence electrons. The average molecular weight is 249 g/mol. The summed E-state index contributed by atoms with van der Waals surface area (Å²) >= 11 is 0. The summed E-state index contributed by atoms with van der Waals surface area (Å²) in [7, 11) is 1.67. The molecule has 0 aliphatic heterocycles. The van der Waals surface area contributed by atoms with Gasteiger partial charge in [0.05, 0.1) is 7.11 Å². The van der Waals surface area contributed by atoms with Gasteiger partial charge in [0.2, 0.25) is 0 Å². The largest absolute Gasteiger partial charge is 0.493 e. The summed E-state index contributed by atoms with van der Waals surface area (Å²) in [5.41, 5.74) is 1.20. The van der Waals surface area contributed by atoms with Gasteiger partial charge in [-0.1, -0.05) is 25.1 Å². The lowest BCUT2D eigenvalue weighted by Crippen LogP contribution is -2.17. The van der Waals surface area contributed by atoms with Gasteiger partial charge in [-0.3, -0.25) is 0 Å². The molecule has 1 rings (SSSR count). The molecule has 1 aromatic carbocycles. The molecule has 1 unspecified atom stereocenters. The minimum atomic E-state index is 0.313. The quantitative estimate of drug-likeness (QED) is 0.752. The van der Waals surface area contributed by atoms with Crippen LogP contribution in [0.3, 0.4) is 0 Å². The first-order valence-electron chi connectivity index (χ1n) is 6.38. The van der Waals surface area contributed by atoms with Crippen LogP contribution in [0, 0.1) is 0 Å². The SMILES string of the molecule is C/C=C/COc1ccc(C(C)NCC)cc1OC. The van der Waals surface area contributed by atoms with E-state index in [0.29, 0.717) is 12.6 Å². The Balaban J connectivity index is 2.82. The van der Waals surface area contributed by atoms with E-state index in [9.17, 15) is 0 Å². The Hall–Kier alpha value is -1.48. The lowest BCUT2D eigenvalue weighted by molar-refractivity contribution is 0.325. The van der Waals surface area contributed by atoms with Crippen LogP contribution >= 0.6 is 0 Å². The maximum atomic E-state index is 5.63. The Morgan fingerprint density at radius 2 is 2.11 bits per heavy atom. The first-order chi connectivity index (χ1) is 8.72. The lowest BCUT2D eigenvalue weighted by Gasteiger charge is -2.16. The van der Waals surface area contributed by atoms with Crippen molar-refractivity contribution >= 4 is 0 Å². The van der Waals surface area contributed by atoms with E-state index in [-0.39, 0.29) is 0 Å². The molecule has 0 spiro atoms. The third kappa shape index (κ3) is 4.08. The van der Waals surface area contributed by atoms with Crippen molar-refractivity contribution in [2.45, 2.75) is 26.8 Å². The molecule has 0 saturated carbocycles. The molecule has 0 aliphatic rings. The second-order valence-corrected chi connectivity index (χ2v) is 4.07. The third-order valence-corrected chi connectivity index (χ3v) is 2.77. The summed E-state index contributed by atoms with van der Waals surface area (Å²) in [6, 6.07) is 6.37. The zero-order valence-electron chi connectivity index (χ0n) is 11.7. The third-order valence-electron chi connectivity index (χ3n) is 2.77. The van der Waals surface area contributed by atoms with Gasteiger partial charge in [-0.05, 0) is 38.1 Å². The van der Waals surface area contributed by atoms with Crippen LogP contribution in [0.15, 0.2) is 30.4 Å². The second-order valence-electron chi connectivity index (χ2n) is 4.07. The minimum absolute atomic E-state index is 0.313. The number of ether oxygens (including phenoxy) is 2. The Bertz CT molecular complexity index is 388. The fraction of sp³-hybridized carbons (Fsp3) is 0.467. The molecule has 0 saturated heterocycles. The summed E-state index contributed by atoms with van der Waals surface area (Å²) in [6.07, 6.45) is 3.93. The summed E-state index contributed by atoms with van der Waals surface area (Å²) in [4.78, 5) is 0. The molecule has 0 bridgehead atoms. The van der Waals surface area contributed by atoms with Crippen LogP contribution < -0.4 is 14.8 Å². The molecule has 0 aliphatic carbocycles. The van der Waals surface area contributed by atoms with E-state index >= 15 is 0 Å². The van der Waals surface area contributed by atoms with E-state index in [2.05, 4.69) is 25.2 Å². The molecule has 0 heterocycles. The lowest BCUT2D eigenvalue weighted by atomic mass is 10.1. The van der Waals surface area contributed by atoms with Gasteiger partial charge in [-0.15, -0.1) is 0 Å². The minimum Gasteiger partial charge on any atom is -0.493 e. The van der Waals surface area contributed by atoms with Crippen molar-refractivity contribution in [3.8, 4) is 11.5 Å². The topological polar surface area (TPSA) is 30.5 Å². The van der Waals surface area contributed by atoms with E-state index < -0.39 is 0 Å². The molecule has 0 aromatic heterocycles. The maximum absolute atomic E-state index is 5.63. The highest BCUT2D eigenvalue weighted by atomic mass is 16.5. The number of allylic oxidation sites excluding steroid dienone is 1. The first-order valence-corrected chi connectivity index (χ1v) is 6.38. The fourth-order valence-corrected chi connectivity index (χ4v) is 1.73. The summed E-state index contributed by atoms with van der Waals surface area (Å²) in [5, 5.41) is 3.38. The number of hydrogen-bond acceptors (Lipinski definition) is 3. The highest BCUT2D eigenvalue weighted by Gasteiger charge is 2.09. The smallest absolute Gasteiger partial charge is 0.161 e. The van der Waals surface area contributed by atoms with Crippen LogP contribution in [-0.4, -0.2) is 20.3 Å². The van der Waals surface area contributed by atoms with Gasteiger partial charge in [-0.2, -0.15) is 0 Å². The van der Waals surface area contributed by atoms with Crippen molar-refractivity contribution < 1.29 is 9.47 Å². The van der Waals surface area contributed by atoms with Gasteiger partial charge >= 0.3 is 0 Å². The second kappa shape index (κ2) is 7.77. The van der Waals surface area contributed by atoms with E-state index in [1.807, 2.05) is 31.2 Å². The van der Waals surface area contributed by atoms with Crippen LogP contribution in [0.2, 0.25) is 0 Å². The summed E-state index contributed by atoms with van der Waals surface area (Å²) in [5.74, 6) is 1.56. The maximum Gasteiger partial charge on any atom is 0.161 e. The van der Waals surface area contributed by atoms with Crippen molar-refractivity contribution in [2.75, 3.05) is 20.3 Å². The van der Waals surface area contributed by atoms with Crippen molar-refractivity contribution in [1.82, 2.24) is 5.32 Å². The molecule has 3 heteroatoms. The number of nitrogens with one attached hydrogen (secondary N) is 1. The van der Waals surface area contributed by atoms with Crippen molar-refractivity contribution in [2.24, 2.45) is 0 Å². The van der Waals surface area contributed by atoms with Gasteiger partial charge in [-0.25, -0.2) is 0 Å². The van der Waals surface area contributed by atoms with E-state index in [1.165, 1.54) is 5.56 Å². The van der Waals surface area contributed by atoms with Gasteiger partial charge in [0, 0.05) is 6.04 Å². The normalized spacial score (nSPS) is 12.7. The van der Waals surface area contributed by atoms with Gasteiger partial charge < -0.3 is 14.8 Å². The molecular weight excluding hydrogens is 226 g/mol. The van der Waals surface area contributed by atoms with Crippen LogP contribution in [0.5, 0.6) is 11.5 Å². The molecule has 1 N–H and O–H groups in total. The van der Waals surface area contributed by atoms with Gasteiger partial charge in [0.1, 0.15) is 6.61 Å². The molecular formula is C15H23NO2. The fourth-order valence-electron chi connectivity index (χ4n) is 1.73. The summed E-state index contributed by atoms with van der Waals surface area (Å²) in [6.45, 7) is 7.72. The van der Waals surface area contributed by atoms with Gasteiger partial charge in [0.25, 0.3) is 0 Å². The number of hydrogen-bond donors (Lipinski definition) is 1. The monoisotopic (exact) mass is 249 g/mol. The number of rotatable bonds is 7. The molecule has 0 radical (unpaired) electrons. The van der Waals surface area contributed by atoms with E-state index in [1.54, 1.807) is 7.11 Å². The zero-order chi connectivity index (χ0) is 13.4. The molecule has 3 nitrogen and oxygen atoms in total. The molecule has 18 heavy (non-hydrogen) atoms. The Morgan fingerprint density at radius 3 is 2.72 bits per heavy atom. The Morgan fingerprint density at radius 1 is 1.33 bits per heavy atom. The standard InChI is InChI=1S/C15H23NO2/c1-5-7-10-18-14-9-8-13(11-15(14)17-4)12(3)16-6-2/h5,7-9,11-12,16H,6,10H2,1-4H3/b7-5+. The van der Waals surface area contributed by atoms with Crippen molar-refractivity contribution in [3.63, 3.8) is 0 Å².